The van der Waals surface area contributed by atoms with E-state index in [1.165, 1.54) is 11.0 Å². The first-order valence-corrected chi connectivity index (χ1v) is 6.08. The van der Waals surface area contributed by atoms with Gasteiger partial charge in [-0.25, -0.2) is 4.68 Å². The molecule has 0 saturated heterocycles. The summed E-state index contributed by atoms with van der Waals surface area (Å²) in [5.74, 6) is 0.151. The summed E-state index contributed by atoms with van der Waals surface area (Å²) in [6, 6.07) is 8.50. The molecule has 0 saturated carbocycles. The van der Waals surface area contributed by atoms with E-state index in [-0.39, 0.29) is 27.0 Å². The molecule has 0 radical (unpaired) electrons. The third-order valence-corrected chi connectivity index (χ3v) is 3.12. The standard InChI is InChI=1S/C14H12N5O.W/c1-9-11(6-5-10-4-3-7-15-12(9)10)13(20)18-14-16-8-17-19(14)2;/h3-4,6-8H,1-2H3,(H,16,17,18,20);/q-1;. The fourth-order valence-corrected chi connectivity index (χ4v) is 2.02. The predicted molar refractivity (Wildman–Crippen MR) is 74.3 cm³/mol. The van der Waals surface area contributed by atoms with Gasteiger partial charge in [0.2, 0.25) is 11.9 Å². The van der Waals surface area contributed by atoms with E-state index >= 15 is 0 Å². The second kappa shape index (κ2) is 6.14. The monoisotopic (exact) mass is 450 g/mol. The third kappa shape index (κ3) is 2.85. The van der Waals surface area contributed by atoms with Crippen LogP contribution < -0.4 is 5.32 Å². The van der Waals surface area contributed by atoms with Crippen molar-refractivity contribution in [1.82, 2.24) is 19.7 Å². The molecular weight excluding hydrogens is 438 g/mol. The molecule has 0 atom stereocenters. The minimum Gasteiger partial charge on any atom is -0.306 e. The summed E-state index contributed by atoms with van der Waals surface area (Å²) < 4.78 is 1.50. The summed E-state index contributed by atoms with van der Waals surface area (Å²) in [4.78, 5) is 20.6. The van der Waals surface area contributed by atoms with Gasteiger partial charge < -0.3 is 4.98 Å². The zero-order chi connectivity index (χ0) is 14.1. The number of hydrogen-bond donors (Lipinski definition) is 1. The van der Waals surface area contributed by atoms with Crippen LogP contribution in [-0.2, 0) is 28.1 Å². The smallest absolute Gasteiger partial charge is 0.227 e. The molecule has 0 aliphatic rings. The Kier molecular flexibility index (Phi) is 4.48. The van der Waals surface area contributed by atoms with E-state index in [1.54, 1.807) is 19.3 Å². The van der Waals surface area contributed by atoms with Crippen LogP contribution >= 0.6 is 0 Å². The number of aryl methyl sites for hydroxylation is 2. The number of nitrogens with one attached hydrogen (secondary N) is 1. The molecule has 7 heteroatoms. The Hall–Kier alpha value is -2.07. The van der Waals surface area contributed by atoms with Gasteiger partial charge in [0.25, 0.3) is 0 Å². The van der Waals surface area contributed by atoms with Gasteiger partial charge in [-0.1, -0.05) is 18.6 Å². The van der Waals surface area contributed by atoms with Gasteiger partial charge in [-0.2, -0.15) is 10.1 Å². The summed E-state index contributed by atoms with van der Waals surface area (Å²) in [6.07, 6.45) is 3.09. The van der Waals surface area contributed by atoms with Gasteiger partial charge in [-0.3, -0.25) is 10.1 Å². The number of fused-ring (bicyclic) bond motifs is 1. The summed E-state index contributed by atoms with van der Waals surface area (Å²) in [5, 5.41) is 7.51. The third-order valence-electron chi connectivity index (χ3n) is 3.12. The first kappa shape index (κ1) is 15.3. The second-order valence-electron chi connectivity index (χ2n) is 4.39. The number of benzene rings is 1. The van der Waals surface area contributed by atoms with Gasteiger partial charge in [-0.15, -0.1) is 23.6 Å². The SMILES string of the molecule is Cc1c(C(=O)Nc2ncnn2C)c[c-]c2cccnc12.[W]. The molecule has 2 aromatic heterocycles. The fraction of sp³-hybridized carbons (Fsp3) is 0.143. The minimum atomic E-state index is -0.248. The van der Waals surface area contributed by atoms with Gasteiger partial charge in [0.1, 0.15) is 6.33 Å². The molecule has 1 N–H and O–H groups in total. The summed E-state index contributed by atoms with van der Waals surface area (Å²) in [5.41, 5.74) is 2.12. The maximum atomic E-state index is 12.3. The Morgan fingerprint density at radius 3 is 2.90 bits per heavy atom. The van der Waals surface area contributed by atoms with E-state index < -0.39 is 0 Å². The van der Waals surface area contributed by atoms with E-state index in [0.717, 1.165) is 16.5 Å². The average Bonchev–Trinajstić information content (AvgIpc) is 2.85. The van der Waals surface area contributed by atoms with Gasteiger partial charge in [-0.05, 0) is 11.1 Å². The average molecular weight is 450 g/mol. The summed E-state index contributed by atoms with van der Waals surface area (Å²) in [7, 11) is 1.71. The Labute approximate surface area is 135 Å². The van der Waals surface area contributed by atoms with Crippen LogP contribution in [-0.4, -0.2) is 25.7 Å². The van der Waals surface area contributed by atoms with Crippen molar-refractivity contribution in [2.24, 2.45) is 7.05 Å². The summed E-state index contributed by atoms with van der Waals surface area (Å²) in [6.45, 7) is 1.87. The molecule has 0 bridgehead atoms. The first-order chi connectivity index (χ1) is 9.66. The molecule has 6 nitrogen and oxygen atoms in total. The molecule has 1 aromatic carbocycles. The molecule has 0 fully saturated rings. The number of pyridine rings is 1. The molecule has 106 valence electrons. The van der Waals surface area contributed by atoms with E-state index in [2.05, 4.69) is 26.4 Å². The van der Waals surface area contributed by atoms with Gasteiger partial charge in [0.05, 0.1) is 0 Å². The van der Waals surface area contributed by atoms with Crippen LogP contribution in [0.15, 0.2) is 30.7 Å². The summed E-state index contributed by atoms with van der Waals surface area (Å²) >= 11 is 0. The molecule has 0 spiro atoms. The topological polar surface area (TPSA) is 72.7 Å². The van der Waals surface area contributed by atoms with E-state index in [4.69, 9.17) is 0 Å². The van der Waals surface area contributed by atoms with Crippen LogP contribution in [0.2, 0.25) is 0 Å². The van der Waals surface area contributed by atoms with Crippen LogP contribution in [0.4, 0.5) is 5.95 Å². The number of aromatic nitrogens is 4. The number of hydrogen-bond acceptors (Lipinski definition) is 4. The van der Waals surface area contributed by atoms with Crippen molar-refractivity contribution >= 4 is 22.8 Å². The van der Waals surface area contributed by atoms with Crippen LogP contribution in [0, 0.1) is 13.0 Å². The van der Waals surface area contributed by atoms with Crippen molar-refractivity contribution in [3.8, 4) is 0 Å². The number of nitrogens with zero attached hydrogens (tertiary/aromatic N) is 4. The zero-order valence-electron chi connectivity index (χ0n) is 11.5. The van der Waals surface area contributed by atoms with Crippen LogP contribution in [0.25, 0.3) is 10.9 Å². The number of carbonyl (C=O) groups is 1. The Bertz CT molecular complexity index is 799. The number of rotatable bonds is 2. The molecule has 1 amide bonds. The Morgan fingerprint density at radius 2 is 2.19 bits per heavy atom. The molecule has 0 aliphatic heterocycles. The largest absolute Gasteiger partial charge is 0.306 e. The quantitative estimate of drug-likeness (QED) is 0.604. The van der Waals surface area contributed by atoms with Gasteiger partial charge in [0, 0.05) is 34.3 Å². The van der Waals surface area contributed by atoms with Crippen molar-refractivity contribution < 1.29 is 25.9 Å². The molecule has 3 aromatic rings. The maximum absolute atomic E-state index is 12.3. The number of carbonyl (C=O) groups excluding carboxylic acids is 1. The fourth-order valence-electron chi connectivity index (χ4n) is 2.02. The molecule has 3 rings (SSSR count). The molecular formula is C14H12N5OW-. The molecule has 0 unspecified atom stereocenters. The van der Waals surface area contributed by atoms with Crippen LogP contribution in [0.1, 0.15) is 15.9 Å². The number of anilines is 1. The molecule has 2 heterocycles. The number of amides is 1. The van der Waals surface area contributed by atoms with E-state index in [0.29, 0.717) is 11.5 Å². The maximum Gasteiger partial charge on any atom is 0.227 e. The first-order valence-electron chi connectivity index (χ1n) is 6.08. The minimum absolute atomic E-state index is 0. The Morgan fingerprint density at radius 1 is 1.38 bits per heavy atom. The van der Waals surface area contributed by atoms with Gasteiger partial charge >= 0.3 is 0 Å². The predicted octanol–water partition coefficient (Wildman–Crippen LogP) is 1.72. The second-order valence-corrected chi connectivity index (χ2v) is 4.39. The van der Waals surface area contributed by atoms with Crippen molar-refractivity contribution in [1.29, 1.82) is 0 Å². The van der Waals surface area contributed by atoms with Crippen molar-refractivity contribution in [2.75, 3.05) is 5.32 Å². The molecule has 21 heavy (non-hydrogen) atoms. The van der Waals surface area contributed by atoms with Gasteiger partial charge in [0.15, 0.2) is 0 Å². The van der Waals surface area contributed by atoms with Crippen LogP contribution in [0.3, 0.4) is 0 Å². The van der Waals surface area contributed by atoms with E-state index in [9.17, 15) is 4.79 Å². The normalized spacial score (nSPS) is 10.2. The van der Waals surface area contributed by atoms with Crippen LogP contribution in [0.5, 0.6) is 0 Å². The Balaban J connectivity index is 0.00000161. The van der Waals surface area contributed by atoms with Crippen molar-refractivity contribution in [3.05, 3.63) is 47.9 Å². The molecule has 0 aliphatic carbocycles. The van der Waals surface area contributed by atoms with Crippen molar-refractivity contribution in [3.63, 3.8) is 0 Å². The van der Waals surface area contributed by atoms with E-state index in [1.807, 2.05) is 19.1 Å². The zero-order valence-corrected chi connectivity index (χ0v) is 14.4. The van der Waals surface area contributed by atoms with Crippen molar-refractivity contribution in [2.45, 2.75) is 6.92 Å².